The van der Waals surface area contributed by atoms with Crippen LogP contribution in [0.15, 0.2) is 18.2 Å². The summed E-state index contributed by atoms with van der Waals surface area (Å²) in [7, 11) is 0. The van der Waals surface area contributed by atoms with Crippen LogP contribution in [0.4, 0.5) is 0 Å². The Bertz CT molecular complexity index is 310. The molecule has 2 atom stereocenters. The molecule has 0 N–H and O–H groups in total. The number of rotatable bonds is 3. The zero-order valence-corrected chi connectivity index (χ0v) is 11.3. The first-order valence-corrected chi connectivity index (χ1v) is 6.27. The predicted molar refractivity (Wildman–Crippen MR) is 67.9 cm³/mol. The van der Waals surface area contributed by atoms with E-state index in [1.54, 1.807) is 0 Å². The van der Waals surface area contributed by atoms with Gasteiger partial charge in [0, 0.05) is 14.9 Å². The van der Waals surface area contributed by atoms with E-state index in [-0.39, 0.29) is 0 Å². The van der Waals surface area contributed by atoms with Gasteiger partial charge in [-0.15, -0.1) is 0 Å². The van der Waals surface area contributed by atoms with Gasteiger partial charge < -0.3 is 0 Å². The average Bonchev–Trinajstić information content (AvgIpc) is 2.08. The number of halogens is 3. The predicted octanol–water partition coefficient (Wildman–Crippen LogP) is 5.27. The van der Waals surface area contributed by atoms with E-state index in [0.717, 1.165) is 22.0 Å². The summed E-state index contributed by atoms with van der Waals surface area (Å²) < 4.78 is 0. The number of hydrogen-bond donors (Lipinski definition) is 0. The second-order valence-corrected chi connectivity index (χ2v) is 5.99. The second-order valence-electron chi connectivity index (χ2n) is 3.58. The Morgan fingerprint density at radius 1 is 1.29 bits per heavy atom. The second kappa shape index (κ2) is 5.39. The fraction of sp³-hybridized carbons (Fsp3) is 0.455. The zero-order valence-electron chi connectivity index (χ0n) is 8.23. The molecule has 0 fully saturated rings. The third kappa shape index (κ3) is 3.45. The minimum absolute atomic E-state index is 0.426. The van der Waals surface area contributed by atoms with E-state index in [0.29, 0.717) is 10.7 Å². The highest BCUT2D eigenvalue weighted by molar-refractivity contribution is 9.09. The van der Waals surface area contributed by atoms with E-state index in [1.807, 2.05) is 18.2 Å². The summed E-state index contributed by atoms with van der Waals surface area (Å²) in [6.45, 7) is 4.30. The summed E-state index contributed by atoms with van der Waals surface area (Å²) in [6, 6.07) is 5.62. The maximum absolute atomic E-state index is 6.10. The van der Waals surface area contributed by atoms with Gasteiger partial charge in [0.2, 0.25) is 0 Å². The molecule has 0 aliphatic carbocycles. The molecule has 0 spiro atoms. The minimum atomic E-state index is 0.426. The highest BCUT2D eigenvalue weighted by atomic mass is 79.9. The van der Waals surface area contributed by atoms with E-state index < -0.39 is 0 Å². The fourth-order valence-corrected chi connectivity index (χ4v) is 2.55. The highest BCUT2D eigenvalue weighted by Gasteiger charge is 2.12. The first-order chi connectivity index (χ1) is 6.50. The molecule has 0 aliphatic heterocycles. The van der Waals surface area contributed by atoms with E-state index in [4.69, 9.17) is 23.2 Å². The van der Waals surface area contributed by atoms with E-state index in [9.17, 15) is 0 Å². The van der Waals surface area contributed by atoms with Crippen LogP contribution < -0.4 is 0 Å². The minimum Gasteiger partial charge on any atom is -0.0893 e. The summed E-state index contributed by atoms with van der Waals surface area (Å²) >= 11 is 15.6. The highest BCUT2D eigenvalue weighted by Crippen LogP contribution is 2.31. The van der Waals surface area contributed by atoms with Crippen LogP contribution in [-0.2, 0) is 0 Å². The largest absolute Gasteiger partial charge is 0.0893 e. The normalized spacial score (nSPS) is 15.2. The summed E-state index contributed by atoms with van der Waals surface area (Å²) in [5.41, 5.74) is 1.13. The molecule has 2 unspecified atom stereocenters. The first kappa shape index (κ1) is 12.4. The van der Waals surface area contributed by atoms with Crippen LogP contribution in [0.5, 0.6) is 0 Å². The topological polar surface area (TPSA) is 0 Å². The van der Waals surface area contributed by atoms with E-state index in [1.165, 1.54) is 0 Å². The molecule has 0 saturated heterocycles. The van der Waals surface area contributed by atoms with Crippen LogP contribution in [0.1, 0.15) is 31.7 Å². The Labute approximate surface area is 104 Å². The van der Waals surface area contributed by atoms with Crippen molar-refractivity contribution >= 4 is 39.1 Å². The SMILES string of the molecule is CC(Br)CC(C)c1cc(Cl)ccc1Cl. The lowest BCUT2D eigenvalue weighted by Crippen LogP contribution is -2.01. The Balaban J connectivity index is 2.88. The quantitative estimate of drug-likeness (QED) is 0.666. The summed E-state index contributed by atoms with van der Waals surface area (Å²) in [6.07, 6.45) is 1.06. The molecule has 0 aromatic heterocycles. The summed E-state index contributed by atoms with van der Waals surface area (Å²) in [4.78, 5) is 0.493. The molecule has 0 saturated carbocycles. The van der Waals surface area contributed by atoms with Crippen LogP contribution in [0.25, 0.3) is 0 Å². The van der Waals surface area contributed by atoms with Gasteiger partial charge in [-0.05, 0) is 36.1 Å². The third-order valence-corrected chi connectivity index (χ3v) is 3.12. The van der Waals surface area contributed by atoms with Crippen molar-refractivity contribution in [2.75, 3.05) is 0 Å². The Hall–Kier alpha value is 0.280. The molecule has 14 heavy (non-hydrogen) atoms. The smallest absolute Gasteiger partial charge is 0.0441 e. The van der Waals surface area contributed by atoms with Crippen molar-refractivity contribution in [3.05, 3.63) is 33.8 Å². The molecule has 0 heterocycles. The molecular formula is C11H13BrCl2. The maximum Gasteiger partial charge on any atom is 0.0441 e. The molecule has 1 rings (SSSR count). The molecule has 3 heteroatoms. The van der Waals surface area contributed by atoms with Gasteiger partial charge in [-0.3, -0.25) is 0 Å². The zero-order chi connectivity index (χ0) is 10.7. The van der Waals surface area contributed by atoms with Crippen molar-refractivity contribution < 1.29 is 0 Å². The van der Waals surface area contributed by atoms with Crippen molar-refractivity contribution in [2.24, 2.45) is 0 Å². The Morgan fingerprint density at radius 3 is 2.50 bits per heavy atom. The number of benzene rings is 1. The maximum atomic E-state index is 6.10. The lowest BCUT2D eigenvalue weighted by atomic mass is 9.96. The van der Waals surface area contributed by atoms with Crippen LogP contribution in [0, 0.1) is 0 Å². The van der Waals surface area contributed by atoms with Crippen LogP contribution in [0.2, 0.25) is 10.0 Å². The fourth-order valence-electron chi connectivity index (χ4n) is 1.51. The molecule has 0 radical (unpaired) electrons. The van der Waals surface area contributed by atoms with Crippen molar-refractivity contribution in [3.63, 3.8) is 0 Å². The average molecular weight is 296 g/mol. The van der Waals surface area contributed by atoms with Gasteiger partial charge in [0.05, 0.1) is 0 Å². The van der Waals surface area contributed by atoms with E-state index in [2.05, 4.69) is 29.8 Å². The molecule has 0 nitrogen and oxygen atoms in total. The van der Waals surface area contributed by atoms with Crippen LogP contribution in [-0.4, -0.2) is 4.83 Å². The Morgan fingerprint density at radius 2 is 1.93 bits per heavy atom. The van der Waals surface area contributed by atoms with Gasteiger partial charge in [0.15, 0.2) is 0 Å². The number of hydrogen-bond acceptors (Lipinski definition) is 0. The summed E-state index contributed by atoms with van der Waals surface area (Å²) in [5.74, 6) is 0.426. The van der Waals surface area contributed by atoms with Crippen LogP contribution >= 0.6 is 39.1 Å². The van der Waals surface area contributed by atoms with Gasteiger partial charge in [-0.25, -0.2) is 0 Å². The molecule has 0 aliphatic rings. The molecule has 78 valence electrons. The molecule has 1 aromatic carbocycles. The van der Waals surface area contributed by atoms with Crippen molar-refractivity contribution in [3.8, 4) is 0 Å². The molecule has 0 bridgehead atoms. The number of alkyl halides is 1. The van der Waals surface area contributed by atoms with Gasteiger partial charge >= 0.3 is 0 Å². The van der Waals surface area contributed by atoms with Gasteiger partial charge in [0.1, 0.15) is 0 Å². The summed E-state index contributed by atoms with van der Waals surface area (Å²) in [5, 5.41) is 1.55. The van der Waals surface area contributed by atoms with Crippen molar-refractivity contribution in [1.82, 2.24) is 0 Å². The molecule has 0 amide bonds. The molecule has 1 aromatic rings. The monoisotopic (exact) mass is 294 g/mol. The molecular weight excluding hydrogens is 283 g/mol. The van der Waals surface area contributed by atoms with Gasteiger partial charge in [-0.2, -0.15) is 0 Å². The van der Waals surface area contributed by atoms with Crippen molar-refractivity contribution in [1.29, 1.82) is 0 Å². The van der Waals surface area contributed by atoms with Gasteiger partial charge in [-0.1, -0.05) is 53.0 Å². The Kier molecular flexibility index (Phi) is 4.75. The van der Waals surface area contributed by atoms with Gasteiger partial charge in [0.25, 0.3) is 0 Å². The van der Waals surface area contributed by atoms with Crippen molar-refractivity contribution in [2.45, 2.75) is 31.0 Å². The standard InChI is InChI=1S/C11H13BrCl2/c1-7(5-8(2)12)10-6-9(13)3-4-11(10)14/h3-4,6-8H,5H2,1-2H3. The lowest BCUT2D eigenvalue weighted by molar-refractivity contribution is 0.682. The third-order valence-electron chi connectivity index (χ3n) is 2.17. The lowest BCUT2D eigenvalue weighted by Gasteiger charge is -2.15. The first-order valence-electron chi connectivity index (χ1n) is 4.59. The van der Waals surface area contributed by atoms with E-state index >= 15 is 0 Å². The van der Waals surface area contributed by atoms with Crippen LogP contribution in [0.3, 0.4) is 0 Å².